The molecule has 0 spiro atoms. The summed E-state index contributed by atoms with van der Waals surface area (Å²) < 4.78 is 5.72. The molecule has 2 rings (SSSR count). The largest absolute Gasteiger partial charge is 0.377 e. The first-order chi connectivity index (χ1) is 9.74. The summed E-state index contributed by atoms with van der Waals surface area (Å²) in [5.41, 5.74) is 1.99. The Morgan fingerprint density at radius 3 is 2.90 bits per heavy atom. The van der Waals surface area contributed by atoms with Crippen LogP contribution in [0.2, 0.25) is 0 Å². The summed E-state index contributed by atoms with van der Waals surface area (Å²) in [6.45, 7) is 3.73. The van der Waals surface area contributed by atoms with E-state index in [4.69, 9.17) is 4.74 Å². The fourth-order valence-electron chi connectivity index (χ4n) is 2.48. The van der Waals surface area contributed by atoms with Gasteiger partial charge in [0, 0.05) is 12.2 Å². The zero-order valence-corrected chi connectivity index (χ0v) is 12.2. The minimum atomic E-state index is -0.0172. The van der Waals surface area contributed by atoms with Crippen molar-refractivity contribution in [2.24, 2.45) is 0 Å². The number of ether oxygens (including phenoxy) is 1. The first-order valence-electron chi connectivity index (χ1n) is 7.43. The topological polar surface area (TPSA) is 50.4 Å². The summed E-state index contributed by atoms with van der Waals surface area (Å²) in [5, 5.41) is 5.98. The molecular weight excluding hydrogens is 252 g/mol. The Morgan fingerprint density at radius 2 is 2.15 bits per heavy atom. The number of aryl methyl sites for hydroxylation is 1. The second kappa shape index (κ2) is 8.02. The van der Waals surface area contributed by atoms with Gasteiger partial charge in [0.25, 0.3) is 0 Å². The molecule has 0 radical (unpaired) electrons. The summed E-state index contributed by atoms with van der Waals surface area (Å²) in [6.07, 6.45) is 5.40. The van der Waals surface area contributed by atoms with E-state index in [0.29, 0.717) is 19.3 Å². The molecule has 4 nitrogen and oxygen atoms in total. The molecule has 0 aromatic heterocycles. The number of rotatable bonds is 7. The molecule has 110 valence electrons. The van der Waals surface area contributed by atoms with Crippen LogP contribution in [0.1, 0.15) is 31.2 Å². The van der Waals surface area contributed by atoms with Gasteiger partial charge in [-0.05, 0) is 37.5 Å². The summed E-state index contributed by atoms with van der Waals surface area (Å²) in [5.74, 6) is -0.0172. The van der Waals surface area contributed by atoms with E-state index < -0.39 is 0 Å². The van der Waals surface area contributed by atoms with Crippen LogP contribution in [-0.2, 0) is 9.53 Å². The van der Waals surface area contributed by atoms with Gasteiger partial charge in [-0.1, -0.05) is 25.0 Å². The van der Waals surface area contributed by atoms with Gasteiger partial charge in [-0.25, -0.2) is 0 Å². The van der Waals surface area contributed by atoms with E-state index in [-0.39, 0.29) is 5.91 Å². The lowest BCUT2D eigenvalue weighted by molar-refractivity contribution is -0.115. The lowest BCUT2D eigenvalue weighted by atomic mass is 10.2. The lowest BCUT2D eigenvalue weighted by Gasteiger charge is -2.11. The van der Waals surface area contributed by atoms with Crippen molar-refractivity contribution in [3.05, 3.63) is 29.8 Å². The monoisotopic (exact) mass is 276 g/mol. The molecule has 0 bridgehead atoms. The normalized spacial score (nSPS) is 15.4. The number of anilines is 1. The summed E-state index contributed by atoms with van der Waals surface area (Å²) >= 11 is 0. The Bertz CT molecular complexity index is 428. The number of carbonyl (C=O) groups is 1. The third-order valence-electron chi connectivity index (χ3n) is 3.52. The summed E-state index contributed by atoms with van der Waals surface area (Å²) in [7, 11) is 0. The second-order valence-corrected chi connectivity index (χ2v) is 5.37. The Labute approximate surface area is 120 Å². The molecule has 1 aliphatic rings. The molecule has 20 heavy (non-hydrogen) atoms. The summed E-state index contributed by atoms with van der Waals surface area (Å²) in [4.78, 5) is 11.7. The summed E-state index contributed by atoms with van der Waals surface area (Å²) in [6, 6.07) is 7.80. The minimum Gasteiger partial charge on any atom is -0.377 e. The van der Waals surface area contributed by atoms with Gasteiger partial charge in [-0.15, -0.1) is 0 Å². The van der Waals surface area contributed by atoms with E-state index in [1.807, 2.05) is 31.2 Å². The maximum Gasteiger partial charge on any atom is 0.238 e. The average molecular weight is 276 g/mol. The van der Waals surface area contributed by atoms with Crippen LogP contribution < -0.4 is 10.6 Å². The molecule has 0 saturated heterocycles. The molecule has 1 aliphatic carbocycles. The third-order valence-corrected chi connectivity index (χ3v) is 3.52. The Balaban J connectivity index is 1.55. The van der Waals surface area contributed by atoms with Crippen LogP contribution in [0.25, 0.3) is 0 Å². The highest BCUT2D eigenvalue weighted by Crippen LogP contribution is 2.20. The van der Waals surface area contributed by atoms with Gasteiger partial charge < -0.3 is 15.4 Å². The van der Waals surface area contributed by atoms with E-state index in [0.717, 1.165) is 17.8 Å². The van der Waals surface area contributed by atoms with E-state index in [1.54, 1.807) is 0 Å². The molecule has 0 heterocycles. The highest BCUT2D eigenvalue weighted by Gasteiger charge is 2.14. The van der Waals surface area contributed by atoms with Crippen molar-refractivity contribution in [3.63, 3.8) is 0 Å². The molecule has 1 aromatic rings. The molecule has 0 unspecified atom stereocenters. The highest BCUT2D eigenvalue weighted by atomic mass is 16.5. The molecule has 0 aliphatic heterocycles. The van der Waals surface area contributed by atoms with Gasteiger partial charge in [0.15, 0.2) is 0 Å². The Kier molecular flexibility index (Phi) is 6.02. The predicted octanol–water partition coefficient (Wildman–Crippen LogP) is 2.48. The fraction of sp³-hybridized carbons (Fsp3) is 0.562. The molecule has 4 heteroatoms. The van der Waals surface area contributed by atoms with Crippen LogP contribution in [0, 0.1) is 6.92 Å². The number of hydrogen-bond donors (Lipinski definition) is 2. The molecular formula is C16H24N2O2. The number of amides is 1. The second-order valence-electron chi connectivity index (χ2n) is 5.37. The Hall–Kier alpha value is -1.39. The van der Waals surface area contributed by atoms with Crippen LogP contribution in [0.5, 0.6) is 0 Å². The van der Waals surface area contributed by atoms with Gasteiger partial charge in [-0.2, -0.15) is 0 Å². The molecule has 1 aromatic carbocycles. The van der Waals surface area contributed by atoms with E-state index in [1.165, 1.54) is 25.7 Å². The first-order valence-corrected chi connectivity index (χ1v) is 7.43. The smallest absolute Gasteiger partial charge is 0.238 e. The molecule has 0 atom stereocenters. The van der Waals surface area contributed by atoms with Crippen LogP contribution in [0.15, 0.2) is 24.3 Å². The molecule has 1 amide bonds. The maximum atomic E-state index is 11.7. The zero-order chi connectivity index (χ0) is 14.2. The van der Waals surface area contributed by atoms with Crippen molar-refractivity contribution < 1.29 is 9.53 Å². The molecule has 2 N–H and O–H groups in total. The van der Waals surface area contributed by atoms with Crippen LogP contribution in [0.3, 0.4) is 0 Å². The van der Waals surface area contributed by atoms with Crippen molar-refractivity contribution in [1.29, 1.82) is 0 Å². The quantitative estimate of drug-likeness (QED) is 0.752. The SMILES string of the molecule is Cc1cccc(NC(=O)CNCCOC2CCCC2)c1. The van der Waals surface area contributed by atoms with Gasteiger partial charge in [0.05, 0.1) is 19.3 Å². The standard InChI is InChI=1S/C16H24N2O2/c1-13-5-4-6-14(11-13)18-16(19)12-17-9-10-20-15-7-2-3-8-15/h4-6,11,15,17H,2-3,7-10,12H2,1H3,(H,18,19). The fourth-order valence-corrected chi connectivity index (χ4v) is 2.48. The first kappa shape index (κ1) is 15.0. The maximum absolute atomic E-state index is 11.7. The van der Waals surface area contributed by atoms with E-state index in [9.17, 15) is 4.79 Å². The van der Waals surface area contributed by atoms with E-state index in [2.05, 4.69) is 10.6 Å². The van der Waals surface area contributed by atoms with Gasteiger partial charge in [0.1, 0.15) is 0 Å². The van der Waals surface area contributed by atoms with Crippen molar-refractivity contribution in [2.75, 3.05) is 25.0 Å². The van der Waals surface area contributed by atoms with Crippen molar-refractivity contribution in [3.8, 4) is 0 Å². The minimum absolute atomic E-state index is 0.0172. The van der Waals surface area contributed by atoms with E-state index >= 15 is 0 Å². The lowest BCUT2D eigenvalue weighted by Crippen LogP contribution is -2.31. The number of nitrogens with one attached hydrogen (secondary N) is 2. The van der Waals surface area contributed by atoms with Gasteiger partial charge in [0.2, 0.25) is 5.91 Å². The van der Waals surface area contributed by atoms with Crippen molar-refractivity contribution in [1.82, 2.24) is 5.32 Å². The average Bonchev–Trinajstić information content (AvgIpc) is 2.91. The predicted molar refractivity (Wildman–Crippen MR) is 80.9 cm³/mol. The third kappa shape index (κ3) is 5.31. The van der Waals surface area contributed by atoms with Crippen LogP contribution in [0.4, 0.5) is 5.69 Å². The molecule has 1 fully saturated rings. The molecule has 1 saturated carbocycles. The van der Waals surface area contributed by atoms with Gasteiger partial charge in [-0.3, -0.25) is 4.79 Å². The number of benzene rings is 1. The van der Waals surface area contributed by atoms with Crippen LogP contribution in [-0.4, -0.2) is 31.7 Å². The van der Waals surface area contributed by atoms with Crippen molar-refractivity contribution >= 4 is 11.6 Å². The Morgan fingerprint density at radius 1 is 1.35 bits per heavy atom. The van der Waals surface area contributed by atoms with Gasteiger partial charge >= 0.3 is 0 Å². The highest BCUT2D eigenvalue weighted by molar-refractivity contribution is 5.92. The van der Waals surface area contributed by atoms with Crippen LogP contribution >= 0.6 is 0 Å². The van der Waals surface area contributed by atoms with Crippen molar-refractivity contribution in [2.45, 2.75) is 38.7 Å². The zero-order valence-electron chi connectivity index (χ0n) is 12.2. The number of hydrogen-bond acceptors (Lipinski definition) is 3. The number of carbonyl (C=O) groups excluding carboxylic acids is 1.